The minimum Gasteiger partial charge on any atom is -0.309 e. The predicted octanol–water partition coefficient (Wildman–Crippen LogP) is 6.13. The zero-order valence-electron chi connectivity index (χ0n) is 14.0. The Bertz CT molecular complexity index is 408. The van der Waals surface area contributed by atoms with Crippen molar-refractivity contribution < 1.29 is 13.6 Å². The second-order valence-electron chi connectivity index (χ2n) is 6.71. The van der Waals surface area contributed by atoms with E-state index in [4.69, 9.17) is 13.6 Å². The third-order valence-corrected chi connectivity index (χ3v) is 6.03. The molecule has 0 radical (unpaired) electrons. The van der Waals surface area contributed by atoms with Crippen molar-refractivity contribution in [1.29, 1.82) is 0 Å². The average molecular weight is 336 g/mol. The maximum Gasteiger partial charge on any atom is 0.333 e. The van der Waals surface area contributed by atoms with Crippen LogP contribution in [0.5, 0.6) is 0 Å². The van der Waals surface area contributed by atoms with Gasteiger partial charge < -0.3 is 13.6 Å². The Labute approximate surface area is 141 Å². The molecule has 0 aliphatic heterocycles. The zero-order chi connectivity index (χ0) is 15.7. The van der Waals surface area contributed by atoms with E-state index in [1.807, 2.05) is 18.2 Å². The van der Waals surface area contributed by atoms with Crippen LogP contribution in [0.25, 0.3) is 0 Å². The monoisotopic (exact) mass is 336 g/mol. The van der Waals surface area contributed by atoms with Crippen molar-refractivity contribution in [3.05, 3.63) is 35.9 Å². The van der Waals surface area contributed by atoms with E-state index in [9.17, 15) is 0 Å². The van der Waals surface area contributed by atoms with Crippen molar-refractivity contribution in [2.24, 2.45) is 0 Å². The molecule has 3 nitrogen and oxygen atoms in total. The third kappa shape index (κ3) is 6.15. The lowest BCUT2D eigenvalue weighted by atomic mass is 9.98. The van der Waals surface area contributed by atoms with Crippen LogP contribution >= 0.6 is 8.60 Å². The second kappa shape index (κ2) is 9.74. The first-order valence-corrected chi connectivity index (χ1v) is 10.3. The summed E-state index contributed by atoms with van der Waals surface area (Å²) in [5.41, 5.74) is 1.18. The molecule has 2 aliphatic carbocycles. The summed E-state index contributed by atoms with van der Waals surface area (Å²) < 4.78 is 18.5. The standard InChI is InChI=1S/C19H29O3P/c1-4-10-17(11-5-1)16-20-23(21-18-12-6-2-7-13-18)22-19-14-8-3-9-15-19/h1,4-5,10-11,18-19H,2-3,6-9,12-16H2. The van der Waals surface area contributed by atoms with Gasteiger partial charge in [0.2, 0.25) is 0 Å². The fourth-order valence-corrected chi connectivity index (χ4v) is 4.71. The molecule has 0 N–H and O–H groups in total. The predicted molar refractivity (Wildman–Crippen MR) is 94.1 cm³/mol. The van der Waals surface area contributed by atoms with Gasteiger partial charge in [-0.3, -0.25) is 0 Å². The molecular formula is C19H29O3P. The van der Waals surface area contributed by atoms with Crippen LogP contribution in [0.1, 0.15) is 69.8 Å². The molecule has 0 aromatic heterocycles. The lowest BCUT2D eigenvalue weighted by Crippen LogP contribution is -2.19. The molecule has 1 aromatic rings. The van der Waals surface area contributed by atoms with Crippen LogP contribution < -0.4 is 0 Å². The van der Waals surface area contributed by atoms with Crippen molar-refractivity contribution in [2.45, 2.75) is 83.0 Å². The van der Waals surface area contributed by atoms with E-state index >= 15 is 0 Å². The Morgan fingerprint density at radius 3 is 1.78 bits per heavy atom. The molecule has 0 spiro atoms. The Morgan fingerprint density at radius 1 is 0.739 bits per heavy atom. The van der Waals surface area contributed by atoms with Gasteiger partial charge in [0.25, 0.3) is 0 Å². The zero-order valence-corrected chi connectivity index (χ0v) is 14.9. The highest BCUT2D eigenvalue weighted by atomic mass is 31.2. The van der Waals surface area contributed by atoms with Gasteiger partial charge in [-0.2, -0.15) is 0 Å². The molecule has 3 rings (SSSR count). The van der Waals surface area contributed by atoms with Crippen molar-refractivity contribution in [3.63, 3.8) is 0 Å². The molecule has 1 aromatic carbocycles. The molecule has 0 saturated heterocycles. The highest BCUT2D eigenvalue weighted by Crippen LogP contribution is 2.47. The van der Waals surface area contributed by atoms with Gasteiger partial charge in [-0.25, -0.2) is 0 Å². The van der Waals surface area contributed by atoms with Gasteiger partial charge in [0.05, 0.1) is 18.8 Å². The fraction of sp³-hybridized carbons (Fsp3) is 0.684. The third-order valence-electron chi connectivity index (χ3n) is 4.75. The summed E-state index contributed by atoms with van der Waals surface area (Å²) in [6.07, 6.45) is 13.0. The summed E-state index contributed by atoms with van der Waals surface area (Å²) in [7, 11) is -1.23. The summed E-state index contributed by atoms with van der Waals surface area (Å²) >= 11 is 0. The summed E-state index contributed by atoms with van der Waals surface area (Å²) in [6.45, 7) is 0.575. The van der Waals surface area contributed by atoms with E-state index in [2.05, 4.69) is 12.1 Å². The van der Waals surface area contributed by atoms with Crippen LogP contribution in [-0.4, -0.2) is 12.2 Å². The minimum atomic E-state index is -1.23. The van der Waals surface area contributed by atoms with E-state index in [1.54, 1.807) is 0 Å². The van der Waals surface area contributed by atoms with Crippen LogP contribution in [0, 0.1) is 0 Å². The first kappa shape index (κ1) is 17.4. The molecule has 2 saturated carbocycles. The summed E-state index contributed by atoms with van der Waals surface area (Å²) in [5, 5.41) is 0. The maximum absolute atomic E-state index is 6.24. The van der Waals surface area contributed by atoms with Crippen molar-refractivity contribution in [2.75, 3.05) is 0 Å². The molecule has 23 heavy (non-hydrogen) atoms. The average Bonchev–Trinajstić information content (AvgIpc) is 2.62. The number of rotatable bonds is 7. The van der Waals surface area contributed by atoms with E-state index in [0.29, 0.717) is 18.8 Å². The molecule has 2 fully saturated rings. The number of hydrogen-bond acceptors (Lipinski definition) is 3. The SMILES string of the molecule is c1ccc(COP(OC2CCCCC2)OC2CCCCC2)cc1. The largest absolute Gasteiger partial charge is 0.333 e. The molecule has 2 aliphatic rings. The van der Waals surface area contributed by atoms with Crippen molar-refractivity contribution in [1.82, 2.24) is 0 Å². The number of hydrogen-bond donors (Lipinski definition) is 0. The van der Waals surface area contributed by atoms with E-state index < -0.39 is 8.60 Å². The Kier molecular flexibility index (Phi) is 7.35. The first-order chi connectivity index (χ1) is 11.4. The molecule has 128 valence electrons. The highest BCUT2D eigenvalue weighted by molar-refractivity contribution is 7.41. The smallest absolute Gasteiger partial charge is 0.309 e. The maximum atomic E-state index is 6.24. The Morgan fingerprint density at radius 2 is 1.26 bits per heavy atom. The molecule has 0 heterocycles. The molecular weight excluding hydrogens is 307 g/mol. The second-order valence-corrected chi connectivity index (χ2v) is 7.84. The topological polar surface area (TPSA) is 27.7 Å². The molecule has 0 unspecified atom stereocenters. The van der Waals surface area contributed by atoms with Gasteiger partial charge in [-0.15, -0.1) is 0 Å². The Hall–Kier alpha value is -0.470. The summed E-state index contributed by atoms with van der Waals surface area (Å²) in [5.74, 6) is 0. The van der Waals surface area contributed by atoms with Gasteiger partial charge in [-0.05, 0) is 31.2 Å². The summed E-state index contributed by atoms with van der Waals surface area (Å²) in [4.78, 5) is 0. The van der Waals surface area contributed by atoms with Crippen LogP contribution in [0.4, 0.5) is 0 Å². The van der Waals surface area contributed by atoms with Crippen molar-refractivity contribution in [3.8, 4) is 0 Å². The van der Waals surface area contributed by atoms with Crippen LogP contribution in [0.15, 0.2) is 30.3 Å². The lowest BCUT2D eigenvalue weighted by Gasteiger charge is -2.29. The van der Waals surface area contributed by atoms with Crippen LogP contribution in [0.3, 0.4) is 0 Å². The molecule has 0 bridgehead atoms. The Balaban J connectivity index is 1.52. The lowest BCUT2D eigenvalue weighted by molar-refractivity contribution is 0.0584. The quantitative estimate of drug-likeness (QED) is 0.561. The van der Waals surface area contributed by atoms with E-state index in [0.717, 1.165) is 25.7 Å². The highest BCUT2D eigenvalue weighted by Gasteiger charge is 2.26. The van der Waals surface area contributed by atoms with Gasteiger partial charge in [-0.1, -0.05) is 68.9 Å². The van der Waals surface area contributed by atoms with Crippen LogP contribution in [-0.2, 0) is 20.2 Å². The van der Waals surface area contributed by atoms with Crippen molar-refractivity contribution >= 4 is 8.60 Å². The number of benzene rings is 1. The van der Waals surface area contributed by atoms with Gasteiger partial charge in [0, 0.05) is 0 Å². The molecule has 0 atom stereocenters. The normalized spacial score (nSPS) is 20.9. The first-order valence-electron chi connectivity index (χ1n) is 9.21. The molecule has 4 heteroatoms. The van der Waals surface area contributed by atoms with Gasteiger partial charge in [0.15, 0.2) is 0 Å². The summed E-state index contributed by atoms with van der Waals surface area (Å²) in [6, 6.07) is 10.3. The molecule has 0 amide bonds. The minimum absolute atomic E-state index is 0.328. The fourth-order valence-electron chi connectivity index (χ4n) is 3.37. The van der Waals surface area contributed by atoms with E-state index in [1.165, 1.54) is 44.1 Å². The van der Waals surface area contributed by atoms with Gasteiger partial charge in [0.1, 0.15) is 0 Å². The van der Waals surface area contributed by atoms with Gasteiger partial charge >= 0.3 is 8.60 Å². The van der Waals surface area contributed by atoms with E-state index in [-0.39, 0.29) is 0 Å². The van der Waals surface area contributed by atoms with Crippen LogP contribution in [0.2, 0.25) is 0 Å².